The van der Waals surface area contributed by atoms with Gasteiger partial charge in [0.2, 0.25) is 11.8 Å². The number of ether oxygens (including phenoxy) is 3. The number of nitrogens with one attached hydrogen (secondary N) is 1. The quantitative estimate of drug-likeness (QED) is 0.218. The number of halogens is 1. The number of rotatable bonds is 14. The maximum Gasteiger partial charge on any atom is 0.247 e. The van der Waals surface area contributed by atoms with E-state index in [-0.39, 0.29) is 32.1 Å². The fourth-order valence-corrected chi connectivity index (χ4v) is 6.89. The topological polar surface area (TPSA) is 138 Å². The summed E-state index contributed by atoms with van der Waals surface area (Å²) < 4.78 is 18.1. The first-order valence-corrected chi connectivity index (χ1v) is 16.2. The lowest BCUT2D eigenvalue weighted by Crippen LogP contribution is -2.55. The molecular weight excluding hydrogens is 679 g/mol. The molecular formula is C33H43IN2O8. The fraction of sp³-hybridized carbons (Fsp3) is 0.515. The van der Waals surface area contributed by atoms with Gasteiger partial charge in [0.05, 0.1) is 37.0 Å². The summed E-state index contributed by atoms with van der Waals surface area (Å²) in [6, 6.07) is 10.3. The SMILES string of the molecule is COc1ccccc1CCN(C(=O)CC1CCCC1)C1CC(C(=O)NCCO)=CC(Oc2c(I)cc(CO)cc2OC)C1O. The van der Waals surface area contributed by atoms with Gasteiger partial charge in [0.25, 0.3) is 0 Å². The summed E-state index contributed by atoms with van der Waals surface area (Å²) in [4.78, 5) is 28.9. The Morgan fingerprint density at radius 3 is 2.48 bits per heavy atom. The first-order valence-electron chi connectivity index (χ1n) is 15.1. The third-order valence-corrected chi connectivity index (χ3v) is 9.21. The molecule has 3 unspecified atom stereocenters. The van der Waals surface area contributed by atoms with Crippen LogP contribution in [0.2, 0.25) is 0 Å². The van der Waals surface area contributed by atoms with Gasteiger partial charge in [-0.3, -0.25) is 9.59 Å². The van der Waals surface area contributed by atoms with Crippen molar-refractivity contribution in [2.24, 2.45) is 5.92 Å². The zero-order valence-corrected chi connectivity index (χ0v) is 27.5. The number of amides is 2. The van der Waals surface area contributed by atoms with E-state index in [0.717, 1.165) is 37.0 Å². The van der Waals surface area contributed by atoms with Crippen LogP contribution < -0.4 is 19.5 Å². The molecule has 2 aliphatic carbocycles. The van der Waals surface area contributed by atoms with Gasteiger partial charge in [-0.2, -0.15) is 0 Å². The van der Waals surface area contributed by atoms with Crippen molar-refractivity contribution < 1.29 is 39.1 Å². The molecule has 0 radical (unpaired) electrons. The summed E-state index contributed by atoms with van der Waals surface area (Å²) in [7, 11) is 3.10. The number of carbonyl (C=O) groups excluding carboxylic acids is 2. The van der Waals surface area contributed by atoms with Crippen molar-refractivity contribution in [3.05, 3.63) is 62.7 Å². The summed E-state index contributed by atoms with van der Waals surface area (Å²) in [5, 5.41) is 33.5. The Bertz CT molecular complexity index is 1310. The van der Waals surface area contributed by atoms with Crippen molar-refractivity contribution in [2.75, 3.05) is 33.9 Å². The highest BCUT2D eigenvalue weighted by Crippen LogP contribution is 2.38. The average Bonchev–Trinajstić information content (AvgIpc) is 3.55. The summed E-state index contributed by atoms with van der Waals surface area (Å²) in [5.41, 5.74) is 1.93. The molecule has 1 saturated carbocycles. The Balaban J connectivity index is 1.69. The normalized spacial score (nSPS) is 20.1. The van der Waals surface area contributed by atoms with E-state index in [2.05, 4.69) is 27.9 Å². The number of hydrogen-bond donors (Lipinski definition) is 4. The molecule has 0 heterocycles. The molecule has 4 rings (SSSR count). The number of carbonyl (C=O) groups is 2. The van der Waals surface area contributed by atoms with Crippen LogP contribution in [-0.2, 0) is 22.6 Å². The molecule has 2 amide bonds. The second-order valence-corrected chi connectivity index (χ2v) is 12.4. The number of nitrogens with zero attached hydrogens (tertiary/aromatic N) is 1. The van der Waals surface area contributed by atoms with Crippen LogP contribution in [0.25, 0.3) is 0 Å². The second kappa shape index (κ2) is 16.4. The molecule has 240 valence electrons. The lowest BCUT2D eigenvalue weighted by atomic mass is 9.87. The highest BCUT2D eigenvalue weighted by atomic mass is 127. The van der Waals surface area contributed by atoms with E-state index in [1.54, 1.807) is 30.2 Å². The van der Waals surface area contributed by atoms with Crippen LogP contribution >= 0.6 is 22.6 Å². The van der Waals surface area contributed by atoms with Gasteiger partial charge in [-0.25, -0.2) is 0 Å². The van der Waals surface area contributed by atoms with Crippen LogP contribution in [0, 0.1) is 9.49 Å². The minimum atomic E-state index is -1.16. The molecule has 0 bridgehead atoms. The van der Waals surface area contributed by atoms with Gasteiger partial charge in [-0.15, -0.1) is 0 Å². The average molecular weight is 723 g/mol. The van der Waals surface area contributed by atoms with Gasteiger partial charge in [-0.1, -0.05) is 31.0 Å². The Kier molecular flexibility index (Phi) is 12.7. The Hall–Kier alpha value is -2.87. The highest BCUT2D eigenvalue weighted by Gasteiger charge is 2.41. The van der Waals surface area contributed by atoms with Crippen molar-refractivity contribution in [2.45, 2.75) is 69.8 Å². The number of benzene rings is 2. The van der Waals surface area contributed by atoms with Crippen molar-refractivity contribution in [1.29, 1.82) is 0 Å². The Morgan fingerprint density at radius 1 is 1.07 bits per heavy atom. The summed E-state index contributed by atoms with van der Waals surface area (Å²) in [5.74, 6) is 1.29. The molecule has 0 aromatic heterocycles. The predicted octanol–water partition coefficient (Wildman–Crippen LogP) is 3.37. The second-order valence-electron chi connectivity index (χ2n) is 11.3. The van der Waals surface area contributed by atoms with E-state index in [9.17, 15) is 24.9 Å². The third-order valence-electron chi connectivity index (χ3n) is 8.41. The smallest absolute Gasteiger partial charge is 0.247 e. The van der Waals surface area contributed by atoms with Crippen LogP contribution in [-0.4, -0.2) is 84.2 Å². The highest BCUT2D eigenvalue weighted by molar-refractivity contribution is 14.1. The molecule has 0 aliphatic heterocycles. The van der Waals surface area contributed by atoms with E-state index in [1.165, 1.54) is 7.11 Å². The number of methoxy groups -OCH3 is 2. The molecule has 10 nitrogen and oxygen atoms in total. The molecule has 4 N–H and O–H groups in total. The first-order chi connectivity index (χ1) is 21.3. The predicted molar refractivity (Wildman–Crippen MR) is 174 cm³/mol. The van der Waals surface area contributed by atoms with Gasteiger partial charge in [0.15, 0.2) is 11.5 Å². The van der Waals surface area contributed by atoms with Crippen molar-refractivity contribution in [3.8, 4) is 17.2 Å². The number of aliphatic hydroxyl groups is 3. The molecule has 3 atom stereocenters. The van der Waals surface area contributed by atoms with Crippen LogP contribution in [0.3, 0.4) is 0 Å². The number of hydrogen-bond acceptors (Lipinski definition) is 8. The maximum atomic E-state index is 14.0. The van der Waals surface area contributed by atoms with Gasteiger partial charge < -0.3 is 39.7 Å². The molecule has 11 heteroatoms. The first kappa shape index (κ1) is 34.0. The summed E-state index contributed by atoms with van der Waals surface area (Å²) in [6.45, 7) is -0.0119. The summed E-state index contributed by atoms with van der Waals surface area (Å²) >= 11 is 2.08. The van der Waals surface area contributed by atoms with Crippen molar-refractivity contribution >= 4 is 34.4 Å². The van der Waals surface area contributed by atoms with E-state index >= 15 is 0 Å². The molecule has 44 heavy (non-hydrogen) atoms. The molecule has 0 spiro atoms. The zero-order valence-electron chi connectivity index (χ0n) is 25.3. The largest absolute Gasteiger partial charge is 0.496 e. The standard InChI is InChI=1S/C33H43IN2O8/c1-42-27-10-6-5-9-23(27)11-13-36(30(39)17-21-7-3-4-8-21)26-18-24(33(41)35-12-14-37)19-28(31(26)40)44-32-25(34)15-22(20-38)16-29(32)43-2/h5-6,9-10,15-16,19,21,26,28,31,37-38,40H,3-4,7-8,11-14,17-18,20H2,1-2H3,(H,35,41). The Morgan fingerprint density at radius 2 is 1.80 bits per heavy atom. The minimum Gasteiger partial charge on any atom is -0.496 e. The van der Waals surface area contributed by atoms with E-state index < -0.39 is 24.2 Å². The van der Waals surface area contributed by atoms with E-state index in [4.69, 9.17) is 14.2 Å². The molecule has 2 aromatic rings. The van der Waals surface area contributed by atoms with E-state index in [1.807, 2.05) is 24.3 Å². The zero-order chi connectivity index (χ0) is 31.6. The van der Waals surface area contributed by atoms with Gasteiger partial charge in [-0.05, 0) is 83.2 Å². The van der Waals surface area contributed by atoms with Crippen LogP contribution in [0.4, 0.5) is 0 Å². The maximum absolute atomic E-state index is 14.0. The van der Waals surface area contributed by atoms with Gasteiger partial charge >= 0.3 is 0 Å². The number of aliphatic hydroxyl groups excluding tert-OH is 3. The minimum absolute atomic E-state index is 0.0638. The van der Waals surface area contributed by atoms with Crippen LogP contribution in [0.1, 0.15) is 49.7 Å². The lowest BCUT2D eigenvalue weighted by molar-refractivity contribution is -0.139. The molecule has 2 aliphatic rings. The van der Waals surface area contributed by atoms with Crippen molar-refractivity contribution in [3.63, 3.8) is 0 Å². The van der Waals surface area contributed by atoms with E-state index in [0.29, 0.717) is 51.5 Å². The monoisotopic (exact) mass is 722 g/mol. The Labute approximate surface area is 272 Å². The molecule has 1 fully saturated rings. The summed E-state index contributed by atoms with van der Waals surface area (Å²) in [6.07, 6.45) is 4.66. The van der Waals surface area contributed by atoms with Gasteiger partial charge in [0, 0.05) is 31.5 Å². The van der Waals surface area contributed by atoms with Crippen LogP contribution in [0.5, 0.6) is 17.2 Å². The molecule has 2 aromatic carbocycles. The molecule has 0 saturated heterocycles. The lowest BCUT2D eigenvalue weighted by Gasteiger charge is -2.41. The third kappa shape index (κ3) is 8.43. The number of para-hydroxylation sites is 1. The van der Waals surface area contributed by atoms with Crippen LogP contribution in [0.15, 0.2) is 48.0 Å². The van der Waals surface area contributed by atoms with Gasteiger partial charge in [0.1, 0.15) is 18.0 Å². The van der Waals surface area contributed by atoms with Crippen molar-refractivity contribution in [1.82, 2.24) is 10.2 Å². The fourth-order valence-electron chi connectivity index (χ4n) is 6.10.